The fourth-order valence-corrected chi connectivity index (χ4v) is 4.09. The van der Waals surface area contributed by atoms with Crippen molar-refractivity contribution >= 4 is 5.78 Å². The van der Waals surface area contributed by atoms with Gasteiger partial charge in [-0.2, -0.15) is 0 Å². The minimum Gasteiger partial charge on any atom is -0.508 e. The fraction of sp³-hybridized carbons (Fsp3) is 0.536. The molecule has 0 saturated carbocycles. The summed E-state index contributed by atoms with van der Waals surface area (Å²) in [6.07, 6.45) is 18.1. The number of phenols is 1. The van der Waals surface area contributed by atoms with Crippen molar-refractivity contribution in [1.29, 1.82) is 0 Å². The molecule has 0 heterocycles. The molecule has 0 saturated heterocycles. The molecule has 0 radical (unpaired) electrons. The Morgan fingerprint density at radius 2 is 1.23 bits per heavy atom. The minimum atomic E-state index is 0.0419. The first-order valence-corrected chi connectivity index (χ1v) is 12.1. The molecule has 0 aliphatic carbocycles. The first kappa shape index (κ1) is 24.2. The monoisotopic (exact) mass is 408 g/mol. The molecule has 0 atom stereocenters. The molecule has 30 heavy (non-hydrogen) atoms. The lowest BCUT2D eigenvalue weighted by atomic mass is 9.94. The molecule has 0 fully saturated rings. The number of aryl methyl sites for hydroxylation is 1. The lowest BCUT2D eigenvalue weighted by molar-refractivity contribution is 0.103. The second kappa shape index (κ2) is 14.8. The summed E-state index contributed by atoms with van der Waals surface area (Å²) in [5.74, 6) is 0.282. The molecule has 2 aromatic rings. The van der Waals surface area contributed by atoms with Gasteiger partial charge in [0.05, 0.1) is 0 Å². The van der Waals surface area contributed by atoms with Gasteiger partial charge in [-0.1, -0.05) is 114 Å². The second-order valence-electron chi connectivity index (χ2n) is 8.53. The predicted octanol–water partition coefficient (Wildman–Crippen LogP) is 8.26. The number of benzene rings is 2. The van der Waals surface area contributed by atoms with Crippen molar-refractivity contribution in [2.45, 2.75) is 96.8 Å². The maximum Gasteiger partial charge on any atom is 0.193 e. The molecular weight excluding hydrogens is 368 g/mol. The molecule has 164 valence electrons. The highest BCUT2D eigenvalue weighted by Crippen LogP contribution is 2.22. The highest BCUT2D eigenvalue weighted by molar-refractivity contribution is 6.10. The number of aromatic hydroxyl groups is 1. The second-order valence-corrected chi connectivity index (χ2v) is 8.53. The van der Waals surface area contributed by atoms with Crippen LogP contribution in [0.1, 0.15) is 112 Å². The van der Waals surface area contributed by atoms with Gasteiger partial charge in [-0.25, -0.2) is 0 Å². The van der Waals surface area contributed by atoms with Gasteiger partial charge in [0.25, 0.3) is 0 Å². The Morgan fingerprint density at radius 3 is 1.80 bits per heavy atom. The zero-order valence-corrected chi connectivity index (χ0v) is 18.9. The summed E-state index contributed by atoms with van der Waals surface area (Å²) in [5, 5.41) is 9.88. The standard InChI is InChI=1S/C28H40O2/c1-2-3-4-5-6-7-8-9-10-11-12-13-15-20-25-23-26(29)21-22-27(25)28(30)24-18-16-14-17-19-24/h14,16-19,21-23,29H,2-13,15,20H2,1H3. The smallest absolute Gasteiger partial charge is 0.193 e. The minimum absolute atomic E-state index is 0.0419. The van der Waals surface area contributed by atoms with Gasteiger partial charge < -0.3 is 5.11 Å². The Balaban J connectivity index is 1.63. The van der Waals surface area contributed by atoms with Crippen molar-refractivity contribution in [2.24, 2.45) is 0 Å². The van der Waals surface area contributed by atoms with E-state index in [0.29, 0.717) is 5.56 Å². The highest BCUT2D eigenvalue weighted by Gasteiger charge is 2.13. The Bertz CT molecular complexity index is 721. The van der Waals surface area contributed by atoms with Crippen LogP contribution in [0, 0.1) is 0 Å². The van der Waals surface area contributed by atoms with Crippen LogP contribution in [0.15, 0.2) is 48.5 Å². The van der Waals surface area contributed by atoms with Crippen LogP contribution in [0.25, 0.3) is 0 Å². The molecule has 1 N–H and O–H groups in total. The molecule has 0 aromatic heterocycles. The maximum atomic E-state index is 12.8. The summed E-state index contributed by atoms with van der Waals surface area (Å²) in [6, 6.07) is 14.5. The van der Waals surface area contributed by atoms with Crippen LogP contribution in [-0.4, -0.2) is 10.9 Å². The highest BCUT2D eigenvalue weighted by atomic mass is 16.3. The number of rotatable bonds is 16. The van der Waals surface area contributed by atoms with E-state index < -0.39 is 0 Å². The third-order valence-electron chi connectivity index (χ3n) is 5.92. The number of ketones is 1. The Labute approximate surface area is 183 Å². The van der Waals surface area contributed by atoms with Crippen LogP contribution in [0.4, 0.5) is 0 Å². The van der Waals surface area contributed by atoms with E-state index in [1.165, 1.54) is 77.0 Å². The van der Waals surface area contributed by atoms with Crippen molar-refractivity contribution in [3.05, 3.63) is 65.2 Å². The Morgan fingerprint density at radius 1 is 0.700 bits per heavy atom. The van der Waals surface area contributed by atoms with Gasteiger partial charge in [-0.15, -0.1) is 0 Å². The van der Waals surface area contributed by atoms with Crippen molar-refractivity contribution in [2.75, 3.05) is 0 Å². The fourth-order valence-electron chi connectivity index (χ4n) is 4.09. The third kappa shape index (κ3) is 9.15. The molecule has 2 heteroatoms. The van der Waals surface area contributed by atoms with Crippen LogP contribution < -0.4 is 0 Å². The van der Waals surface area contributed by atoms with Gasteiger partial charge in [0.1, 0.15) is 5.75 Å². The summed E-state index contributed by atoms with van der Waals surface area (Å²) in [6.45, 7) is 2.27. The maximum absolute atomic E-state index is 12.8. The summed E-state index contributed by atoms with van der Waals surface area (Å²) in [5.41, 5.74) is 2.39. The summed E-state index contributed by atoms with van der Waals surface area (Å²) in [4.78, 5) is 12.8. The summed E-state index contributed by atoms with van der Waals surface area (Å²) < 4.78 is 0. The van der Waals surface area contributed by atoms with E-state index >= 15 is 0 Å². The van der Waals surface area contributed by atoms with Gasteiger partial charge >= 0.3 is 0 Å². The summed E-state index contributed by atoms with van der Waals surface area (Å²) >= 11 is 0. The number of hydrogen-bond acceptors (Lipinski definition) is 2. The molecule has 0 unspecified atom stereocenters. The van der Waals surface area contributed by atoms with Gasteiger partial charge in [0.15, 0.2) is 5.78 Å². The first-order chi connectivity index (χ1) is 14.7. The Kier molecular flexibility index (Phi) is 11.9. The molecule has 0 aliphatic heterocycles. The number of phenolic OH excluding ortho intramolecular Hbond substituents is 1. The van der Waals surface area contributed by atoms with E-state index in [1.807, 2.05) is 30.3 Å². The van der Waals surface area contributed by atoms with Gasteiger partial charge in [-0.05, 0) is 36.6 Å². The Hall–Kier alpha value is -2.09. The van der Waals surface area contributed by atoms with Crippen molar-refractivity contribution in [1.82, 2.24) is 0 Å². The molecule has 0 amide bonds. The van der Waals surface area contributed by atoms with Gasteiger partial charge in [0.2, 0.25) is 0 Å². The van der Waals surface area contributed by atoms with Gasteiger partial charge in [-0.3, -0.25) is 4.79 Å². The normalized spacial score (nSPS) is 11.0. The van der Waals surface area contributed by atoms with E-state index in [9.17, 15) is 9.90 Å². The molecule has 2 aromatic carbocycles. The van der Waals surface area contributed by atoms with Gasteiger partial charge in [0, 0.05) is 11.1 Å². The average molecular weight is 409 g/mol. The van der Waals surface area contributed by atoms with E-state index in [1.54, 1.807) is 18.2 Å². The molecule has 2 rings (SSSR count). The van der Waals surface area contributed by atoms with E-state index in [0.717, 1.165) is 24.0 Å². The molecule has 0 spiro atoms. The van der Waals surface area contributed by atoms with Crippen molar-refractivity contribution < 1.29 is 9.90 Å². The third-order valence-corrected chi connectivity index (χ3v) is 5.92. The van der Waals surface area contributed by atoms with E-state index in [4.69, 9.17) is 0 Å². The number of hydrogen-bond donors (Lipinski definition) is 1. The molecule has 0 aliphatic rings. The van der Waals surface area contributed by atoms with Crippen molar-refractivity contribution in [3.8, 4) is 5.75 Å². The SMILES string of the molecule is CCCCCCCCCCCCCCCc1cc(O)ccc1C(=O)c1ccccc1. The lowest BCUT2D eigenvalue weighted by Gasteiger charge is -2.10. The molecular formula is C28H40O2. The van der Waals surface area contributed by atoms with E-state index in [-0.39, 0.29) is 11.5 Å². The number of carbonyl (C=O) groups is 1. The van der Waals surface area contributed by atoms with Crippen molar-refractivity contribution in [3.63, 3.8) is 0 Å². The zero-order chi connectivity index (χ0) is 21.4. The quantitative estimate of drug-likeness (QED) is 0.224. The number of carbonyl (C=O) groups excluding carboxylic acids is 1. The average Bonchev–Trinajstić information content (AvgIpc) is 2.77. The largest absolute Gasteiger partial charge is 0.508 e. The predicted molar refractivity (Wildman–Crippen MR) is 127 cm³/mol. The van der Waals surface area contributed by atoms with Crippen LogP contribution in [-0.2, 0) is 6.42 Å². The van der Waals surface area contributed by atoms with Crippen LogP contribution in [0.2, 0.25) is 0 Å². The molecule has 0 bridgehead atoms. The first-order valence-electron chi connectivity index (χ1n) is 12.1. The van der Waals surface area contributed by atoms with E-state index in [2.05, 4.69) is 6.92 Å². The van der Waals surface area contributed by atoms with Crippen LogP contribution >= 0.6 is 0 Å². The lowest BCUT2D eigenvalue weighted by Crippen LogP contribution is -2.05. The number of unbranched alkanes of at least 4 members (excludes halogenated alkanes) is 12. The van der Waals surface area contributed by atoms with Crippen LogP contribution in [0.3, 0.4) is 0 Å². The topological polar surface area (TPSA) is 37.3 Å². The van der Waals surface area contributed by atoms with Crippen LogP contribution in [0.5, 0.6) is 5.75 Å². The molecule has 2 nitrogen and oxygen atoms in total. The summed E-state index contributed by atoms with van der Waals surface area (Å²) in [7, 11) is 0. The zero-order valence-electron chi connectivity index (χ0n) is 18.9.